The summed E-state index contributed by atoms with van der Waals surface area (Å²) in [6.07, 6.45) is 0. The summed E-state index contributed by atoms with van der Waals surface area (Å²) in [6, 6.07) is 71.9. The molecule has 0 saturated heterocycles. The maximum atomic E-state index is 7.17. The summed E-state index contributed by atoms with van der Waals surface area (Å²) in [4.78, 5) is 0. The normalized spacial score (nSPS) is 11.7. The molecule has 9 aromatic carbocycles. The molecule has 11 rings (SSSR count). The highest BCUT2D eigenvalue weighted by atomic mass is 16.3. The van der Waals surface area contributed by atoms with E-state index in [-0.39, 0.29) is 0 Å². The first-order valence-corrected chi connectivity index (χ1v) is 18.5. The Labute approximate surface area is 312 Å². The molecule has 11 aromatic rings. The average molecular weight is 688 g/mol. The van der Waals surface area contributed by atoms with Crippen LogP contribution in [-0.4, -0.2) is 4.57 Å². The molecule has 0 aliphatic rings. The smallest absolute Gasteiger partial charge is 0.143 e. The summed E-state index contributed by atoms with van der Waals surface area (Å²) in [5.74, 6) is 0.882. The van der Waals surface area contributed by atoms with Gasteiger partial charge in [-0.05, 0) is 74.3 Å². The van der Waals surface area contributed by atoms with Crippen molar-refractivity contribution in [2.75, 3.05) is 0 Å². The fourth-order valence-corrected chi connectivity index (χ4v) is 8.51. The Morgan fingerprint density at radius 2 is 0.815 bits per heavy atom. The largest absolute Gasteiger partial charge is 0.455 e. The monoisotopic (exact) mass is 687 g/mol. The molecule has 0 spiro atoms. The van der Waals surface area contributed by atoms with Crippen molar-refractivity contribution in [3.63, 3.8) is 0 Å². The molecule has 0 aliphatic heterocycles. The van der Waals surface area contributed by atoms with E-state index in [9.17, 15) is 0 Å². The van der Waals surface area contributed by atoms with Gasteiger partial charge in [0.25, 0.3) is 0 Å². The molecule has 0 atom stereocenters. The van der Waals surface area contributed by atoms with E-state index in [2.05, 4.69) is 205 Å². The zero-order valence-corrected chi connectivity index (χ0v) is 29.4. The van der Waals surface area contributed by atoms with Crippen LogP contribution in [0.4, 0.5) is 0 Å². The first kappa shape index (κ1) is 30.5. The number of benzene rings is 9. The van der Waals surface area contributed by atoms with E-state index in [1.54, 1.807) is 0 Å². The Bertz CT molecular complexity index is 3130. The van der Waals surface area contributed by atoms with Crippen LogP contribution < -0.4 is 0 Å². The average Bonchev–Trinajstić information content (AvgIpc) is 3.82. The van der Waals surface area contributed by atoms with Gasteiger partial charge in [0.1, 0.15) is 11.3 Å². The van der Waals surface area contributed by atoms with Crippen LogP contribution in [0.2, 0.25) is 0 Å². The van der Waals surface area contributed by atoms with Crippen LogP contribution in [0.5, 0.6) is 0 Å². The minimum absolute atomic E-state index is 0.882. The Morgan fingerprint density at radius 3 is 1.52 bits per heavy atom. The first-order chi connectivity index (χ1) is 26.8. The van der Waals surface area contributed by atoms with Crippen LogP contribution in [0, 0.1) is 0 Å². The Kier molecular flexibility index (Phi) is 6.90. The van der Waals surface area contributed by atoms with Crippen molar-refractivity contribution in [1.29, 1.82) is 0 Å². The molecule has 2 aromatic heterocycles. The van der Waals surface area contributed by atoms with Crippen molar-refractivity contribution >= 4 is 54.3 Å². The van der Waals surface area contributed by atoms with Gasteiger partial charge in [0.15, 0.2) is 0 Å². The predicted octanol–water partition coefficient (Wildman–Crippen LogP) is 14.5. The van der Waals surface area contributed by atoms with E-state index in [4.69, 9.17) is 4.42 Å². The maximum absolute atomic E-state index is 7.17. The van der Waals surface area contributed by atoms with Crippen molar-refractivity contribution in [3.05, 3.63) is 200 Å². The number of nitrogens with zero attached hydrogens (tertiary/aromatic N) is 1. The van der Waals surface area contributed by atoms with Gasteiger partial charge in [0, 0.05) is 38.4 Å². The molecule has 2 heteroatoms. The number of furan rings is 1. The SMILES string of the molecule is c1ccc(-c2ccc(-c3oc4c5cc(-c6cccc(-n7c8ccccc8c8ccccc87)c6)ccc5c5ccccc5c4c3-c3ccccc3)cc2)cc1. The van der Waals surface area contributed by atoms with Crippen LogP contribution in [0.3, 0.4) is 0 Å². The van der Waals surface area contributed by atoms with Crippen molar-refractivity contribution in [2.24, 2.45) is 0 Å². The quantitative estimate of drug-likeness (QED) is 0.165. The molecular weight excluding hydrogens is 655 g/mol. The minimum atomic E-state index is 0.882. The van der Waals surface area contributed by atoms with Crippen molar-refractivity contribution in [2.45, 2.75) is 0 Å². The highest BCUT2D eigenvalue weighted by Gasteiger charge is 2.23. The highest BCUT2D eigenvalue weighted by Crippen LogP contribution is 2.48. The van der Waals surface area contributed by atoms with Gasteiger partial charge in [-0.3, -0.25) is 0 Å². The maximum Gasteiger partial charge on any atom is 0.143 e. The fourth-order valence-electron chi connectivity index (χ4n) is 8.51. The molecule has 54 heavy (non-hydrogen) atoms. The van der Waals surface area contributed by atoms with Gasteiger partial charge in [-0.15, -0.1) is 0 Å². The minimum Gasteiger partial charge on any atom is -0.455 e. The third-order valence-electron chi connectivity index (χ3n) is 11.0. The molecule has 2 heterocycles. The van der Waals surface area contributed by atoms with Crippen LogP contribution in [-0.2, 0) is 0 Å². The molecule has 0 N–H and O–H groups in total. The van der Waals surface area contributed by atoms with Gasteiger partial charge in [-0.2, -0.15) is 0 Å². The fraction of sp³-hybridized carbons (Fsp3) is 0. The molecule has 252 valence electrons. The molecule has 0 radical (unpaired) electrons. The number of hydrogen-bond acceptors (Lipinski definition) is 1. The Morgan fingerprint density at radius 1 is 0.315 bits per heavy atom. The van der Waals surface area contributed by atoms with Gasteiger partial charge < -0.3 is 8.98 Å². The van der Waals surface area contributed by atoms with Crippen molar-refractivity contribution < 1.29 is 4.42 Å². The molecule has 0 saturated carbocycles. The Hall–Kier alpha value is -7.16. The molecule has 0 unspecified atom stereocenters. The lowest BCUT2D eigenvalue weighted by atomic mass is 9.91. The van der Waals surface area contributed by atoms with Crippen LogP contribution in [0.1, 0.15) is 0 Å². The lowest BCUT2D eigenvalue weighted by Crippen LogP contribution is -1.94. The van der Waals surface area contributed by atoms with Gasteiger partial charge in [-0.25, -0.2) is 0 Å². The van der Waals surface area contributed by atoms with Crippen molar-refractivity contribution in [3.8, 4) is 50.4 Å². The molecule has 2 nitrogen and oxygen atoms in total. The van der Waals surface area contributed by atoms with Gasteiger partial charge in [0.2, 0.25) is 0 Å². The third-order valence-corrected chi connectivity index (χ3v) is 11.0. The second kappa shape index (κ2) is 12.2. The molecular formula is C52H33NO. The topological polar surface area (TPSA) is 18.1 Å². The van der Waals surface area contributed by atoms with E-state index >= 15 is 0 Å². The van der Waals surface area contributed by atoms with E-state index in [1.807, 2.05) is 0 Å². The lowest BCUT2D eigenvalue weighted by molar-refractivity contribution is 0.636. The van der Waals surface area contributed by atoms with Crippen LogP contribution in [0.25, 0.3) is 105 Å². The third kappa shape index (κ3) is 4.74. The number of fused-ring (bicyclic) bond motifs is 9. The number of hydrogen-bond donors (Lipinski definition) is 0. The number of aromatic nitrogens is 1. The Balaban J connectivity index is 1.15. The zero-order valence-electron chi connectivity index (χ0n) is 29.4. The molecule has 0 fully saturated rings. The molecule has 0 bridgehead atoms. The second-order valence-corrected chi connectivity index (χ2v) is 14.0. The zero-order chi connectivity index (χ0) is 35.6. The first-order valence-electron chi connectivity index (χ1n) is 18.5. The van der Waals surface area contributed by atoms with Crippen LogP contribution >= 0.6 is 0 Å². The standard InChI is InChI=1S/C52H33NO/c1-3-14-34(15-4-1)35-26-28-37(29-27-35)51-49(36-16-5-2-6-17-36)50-45-23-8-7-20-41(45)42-31-30-39(33-46(42)52(50)54-51)38-18-13-19-40(32-38)53-47-24-11-9-21-43(47)44-22-10-12-25-48(44)53/h1-33H. The summed E-state index contributed by atoms with van der Waals surface area (Å²) in [5, 5.41) is 8.35. The predicted molar refractivity (Wildman–Crippen MR) is 227 cm³/mol. The van der Waals surface area contributed by atoms with E-state index in [0.717, 1.165) is 55.6 Å². The summed E-state index contributed by atoms with van der Waals surface area (Å²) in [7, 11) is 0. The summed E-state index contributed by atoms with van der Waals surface area (Å²) >= 11 is 0. The summed E-state index contributed by atoms with van der Waals surface area (Å²) in [6.45, 7) is 0. The summed E-state index contributed by atoms with van der Waals surface area (Å²) < 4.78 is 9.56. The van der Waals surface area contributed by atoms with E-state index < -0.39 is 0 Å². The van der Waals surface area contributed by atoms with E-state index in [0.29, 0.717) is 0 Å². The van der Waals surface area contributed by atoms with Gasteiger partial charge in [-0.1, -0.05) is 170 Å². The molecule has 0 aliphatic carbocycles. The van der Waals surface area contributed by atoms with Gasteiger partial charge in [0.05, 0.1) is 11.0 Å². The van der Waals surface area contributed by atoms with Gasteiger partial charge >= 0.3 is 0 Å². The second-order valence-electron chi connectivity index (χ2n) is 14.0. The molecule has 0 amide bonds. The van der Waals surface area contributed by atoms with E-state index in [1.165, 1.54) is 49.1 Å². The van der Waals surface area contributed by atoms with Crippen molar-refractivity contribution in [1.82, 2.24) is 4.57 Å². The lowest BCUT2D eigenvalue weighted by Gasteiger charge is -2.12. The number of para-hydroxylation sites is 2. The number of rotatable bonds is 5. The summed E-state index contributed by atoms with van der Waals surface area (Å²) in [5.41, 5.74) is 12.4. The highest BCUT2D eigenvalue weighted by molar-refractivity contribution is 6.29. The van der Waals surface area contributed by atoms with Crippen LogP contribution in [0.15, 0.2) is 205 Å².